The van der Waals surface area contributed by atoms with Crippen molar-refractivity contribution >= 4 is 11.9 Å². The van der Waals surface area contributed by atoms with E-state index in [4.69, 9.17) is 14.2 Å². The summed E-state index contributed by atoms with van der Waals surface area (Å²) in [5.74, 6) is 2.12. The Labute approximate surface area is 176 Å². The van der Waals surface area contributed by atoms with Crippen molar-refractivity contribution in [2.75, 3.05) is 13.2 Å². The van der Waals surface area contributed by atoms with Crippen molar-refractivity contribution in [1.82, 2.24) is 9.78 Å². The van der Waals surface area contributed by atoms with Crippen molar-refractivity contribution in [1.29, 1.82) is 0 Å². The minimum Gasteiger partial charge on any atom is -0.490 e. The molecule has 0 N–H and O–H groups in total. The van der Waals surface area contributed by atoms with Gasteiger partial charge in [-0.25, -0.2) is 0 Å². The first kappa shape index (κ1) is 21.2. The Hall–Kier alpha value is -3.54. The second-order valence-electron chi connectivity index (χ2n) is 6.54. The molecule has 0 aliphatic carbocycles. The summed E-state index contributed by atoms with van der Waals surface area (Å²) in [6.45, 7) is 5.47. The number of hydrogen-bond donors (Lipinski definition) is 0. The molecule has 156 valence electrons. The van der Waals surface area contributed by atoms with Gasteiger partial charge >= 0.3 is 0 Å². The molecule has 3 rings (SSSR count). The average molecular weight is 406 g/mol. The van der Waals surface area contributed by atoms with Gasteiger partial charge in [0.1, 0.15) is 18.1 Å². The first-order valence-electron chi connectivity index (χ1n) is 9.92. The van der Waals surface area contributed by atoms with E-state index in [1.807, 2.05) is 56.3 Å². The number of benzene rings is 2. The molecule has 6 nitrogen and oxygen atoms in total. The Morgan fingerprint density at radius 1 is 0.967 bits per heavy atom. The van der Waals surface area contributed by atoms with E-state index >= 15 is 0 Å². The normalized spacial score (nSPS) is 10.9. The molecule has 0 amide bonds. The Balaban J connectivity index is 1.59. The fourth-order valence-electron chi connectivity index (χ4n) is 2.90. The van der Waals surface area contributed by atoms with Gasteiger partial charge < -0.3 is 14.2 Å². The summed E-state index contributed by atoms with van der Waals surface area (Å²) >= 11 is 0. The Morgan fingerprint density at radius 3 is 2.37 bits per heavy atom. The highest BCUT2D eigenvalue weighted by molar-refractivity contribution is 6.05. The van der Waals surface area contributed by atoms with E-state index in [0.29, 0.717) is 25.5 Å². The Morgan fingerprint density at radius 2 is 1.70 bits per heavy atom. The molecule has 0 bridgehead atoms. The predicted molar refractivity (Wildman–Crippen MR) is 116 cm³/mol. The number of carbonyl (C=O) groups is 1. The van der Waals surface area contributed by atoms with Crippen LogP contribution in [0.3, 0.4) is 0 Å². The lowest BCUT2D eigenvalue weighted by Crippen LogP contribution is -2.03. The van der Waals surface area contributed by atoms with Gasteiger partial charge in [-0.1, -0.05) is 24.3 Å². The standard InChI is InChI=1S/C24H26N2O4/c1-4-28-23-13-9-19(16-24(23)29-5-2)17-30-20-10-6-18(7-11-20)8-12-22(27)21-14-15-25-26(21)3/h6-16H,4-5,17H2,1-3H3/b12-8+. The number of rotatable bonds is 10. The van der Waals surface area contributed by atoms with Crippen LogP contribution in [-0.4, -0.2) is 28.8 Å². The molecule has 0 fully saturated rings. The highest BCUT2D eigenvalue weighted by atomic mass is 16.5. The van der Waals surface area contributed by atoms with E-state index in [0.717, 1.165) is 28.4 Å². The first-order valence-corrected chi connectivity index (χ1v) is 9.92. The summed E-state index contributed by atoms with van der Waals surface area (Å²) in [6.07, 6.45) is 4.93. The molecule has 1 aromatic heterocycles. The number of hydrogen-bond acceptors (Lipinski definition) is 5. The quantitative estimate of drug-likeness (QED) is 0.361. The van der Waals surface area contributed by atoms with E-state index in [1.165, 1.54) is 0 Å². The van der Waals surface area contributed by atoms with Crippen LogP contribution in [0.15, 0.2) is 60.8 Å². The average Bonchev–Trinajstić information content (AvgIpc) is 3.19. The van der Waals surface area contributed by atoms with Gasteiger partial charge in [0.25, 0.3) is 0 Å². The Bertz CT molecular complexity index is 1010. The van der Waals surface area contributed by atoms with E-state index in [-0.39, 0.29) is 5.78 Å². The van der Waals surface area contributed by atoms with Crippen LogP contribution in [0, 0.1) is 0 Å². The van der Waals surface area contributed by atoms with Crippen molar-refractivity contribution in [2.45, 2.75) is 20.5 Å². The molecule has 0 unspecified atom stereocenters. The number of aromatic nitrogens is 2. The summed E-state index contributed by atoms with van der Waals surface area (Å²) in [7, 11) is 1.74. The minimum atomic E-state index is -0.0871. The molecule has 0 aliphatic heterocycles. The summed E-state index contributed by atoms with van der Waals surface area (Å²) in [6, 6.07) is 15.1. The maximum atomic E-state index is 12.2. The maximum absolute atomic E-state index is 12.2. The molecule has 1 heterocycles. The van der Waals surface area contributed by atoms with Crippen LogP contribution in [0.2, 0.25) is 0 Å². The van der Waals surface area contributed by atoms with Crippen molar-refractivity contribution in [3.8, 4) is 17.2 Å². The number of nitrogens with zero attached hydrogens (tertiary/aromatic N) is 2. The number of allylic oxidation sites excluding steroid dienone is 1. The molecule has 30 heavy (non-hydrogen) atoms. The zero-order chi connectivity index (χ0) is 21.3. The molecule has 0 aliphatic rings. The van der Waals surface area contributed by atoms with Gasteiger partial charge in [-0.05, 0) is 61.4 Å². The minimum absolute atomic E-state index is 0.0871. The lowest BCUT2D eigenvalue weighted by atomic mass is 10.1. The van der Waals surface area contributed by atoms with Crippen molar-refractivity contribution in [3.63, 3.8) is 0 Å². The third kappa shape index (κ3) is 5.50. The third-order valence-corrected chi connectivity index (χ3v) is 4.39. The van der Waals surface area contributed by atoms with Gasteiger partial charge in [-0.2, -0.15) is 5.10 Å². The molecule has 0 atom stereocenters. The van der Waals surface area contributed by atoms with Gasteiger partial charge in [0.2, 0.25) is 5.78 Å². The van der Waals surface area contributed by atoms with Crippen LogP contribution in [0.1, 0.15) is 35.5 Å². The first-order chi connectivity index (χ1) is 14.6. The van der Waals surface area contributed by atoms with Gasteiger partial charge in [0.15, 0.2) is 11.5 Å². The number of ketones is 1. The Kier molecular flexibility index (Phi) is 7.27. The largest absolute Gasteiger partial charge is 0.490 e. The fraction of sp³-hybridized carbons (Fsp3) is 0.250. The van der Waals surface area contributed by atoms with Gasteiger partial charge in [0, 0.05) is 13.2 Å². The van der Waals surface area contributed by atoms with Crippen molar-refractivity contribution in [3.05, 3.63) is 77.6 Å². The summed E-state index contributed by atoms with van der Waals surface area (Å²) in [5.41, 5.74) is 2.46. The second kappa shape index (κ2) is 10.3. The van der Waals surface area contributed by atoms with Gasteiger partial charge in [-0.15, -0.1) is 0 Å². The number of carbonyl (C=O) groups excluding carboxylic acids is 1. The highest BCUT2D eigenvalue weighted by Gasteiger charge is 2.07. The highest BCUT2D eigenvalue weighted by Crippen LogP contribution is 2.29. The maximum Gasteiger partial charge on any atom is 0.203 e. The third-order valence-electron chi connectivity index (χ3n) is 4.39. The summed E-state index contributed by atoms with van der Waals surface area (Å²) < 4.78 is 18.7. The van der Waals surface area contributed by atoms with Gasteiger partial charge in [-0.3, -0.25) is 9.48 Å². The molecule has 0 spiro atoms. The van der Waals surface area contributed by atoms with Crippen LogP contribution >= 0.6 is 0 Å². The lowest BCUT2D eigenvalue weighted by Gasteiger charge is -2.13. The predicted octanol–water partition coefficient (Wildman–Crippen LogP) is 4.69. The van der Waals surface area contributed by atoms with Crippen molar-refractivity contribution in [2.24, 2.45) is 7.05 Å². The molecular formula is C24H26N2O4. The fourth-order valence-corrected chi connectivity index (χ4v) is 2.90. The van der Waals surface area contributed by atoms with Crippen LogP contribution in [-0.2, 0) is 13.7 Å². The molecule has 0 saturated heterocycles. The zero-order valence-corrected chi connectivity index (χ0v) is 17.5. The zero-order valence-electron chi connectivity index (χ0n) is 17.5. The molecular weight excluding hydrogens is 380 g/mol. The van der Waals surface area contributed by atoms with E-state index < -0.39 is 0 Å². The van der Waals surface area contributed by atoms with Crippen LogP contribution < -0.4 is 14.2 Å². The van der Waals surface area contributed by atoms with Crippen LogP contribution in [0.5, 0.6) is 17.2 Å². The number of aryl methyl sites for hydroxylation is 1. The second-order valence-corrected chi connectivity index (χ2v) is 6.54. The van der Waals surface area contributed by atoms with E-state index in [2.05, 4.69) is 5.10 Å². The molecule has 0 saturated carbocycles. The lowest BCUT2D eigenvalue weighted by molar-refractivity contribution is 0.103. The molecule has 6 heteroatoms. The summed E-state index contributed by atoms with van der Waals surface area (Å²) in [4.78, 5) is 12.2. The SMILES string of the molecule is CCOc1ccc(COc2ccc(/C=C/C(=O)c3ccnn3C)cc2)cc1OCC. The van der Waals surface area contributed by atoms with Crippen LogP contribution in [0.4, 0.5) is 0 Å². The summed E-state index contributed by atoms with van der Waals surface area (Å²) in [5, 5.41) is 4.01. The van der Waals surface area contributed by atoms with Gasteiger partial charge in [0.05, 0.1) is 13.2 Å². The van der Waals surface area contributed by atoms with E-state index in [1.54, 1.807) is 36.1 Å². The smallest absolute Gasteiger partial charge is 0.203 e. The molecule has 2 aromatic carbocycles. The van der Waals surface area contributed by atoms with Crippen molar-refractivity contribution < 1.29 is 19.0 Å². The molecule has 3 aromatic rings. The number of ether oxygens (including phenoxy) is 3. The van der Waals surface area contributed by atoms with E-state index in [9.17, 15) is 4.79 Å². The molecule has 0 radical (unpaired) electrons. The topological polar surface area (TPSA) is 62.6 Å². The van der Waals surface area contributed by atoms with Crippen LogP contribution in [0.25, 0.3) is 6.08 Å². The monoisotopic (exact) mass is 406 g/mol.